The van der Waals surface area contributed by atoms with E-state index in [4.69, 9.17) is 4.98 Å². The summed E-state index contributed by atoms with van der Waals surface area (Å²) in [6.07, 6.45) is 0. The Balaban J connectivity index is 1.56. The van der Waals surface area contributed by atoms with Gasteiger partial charge >= 0.3 is 6.03 Å². The van der Waals surface area contributed by atoms with E-state index in [2.05, 4.69) is 10.0 Å². The molecule has 9 heteroatoms. The lowest BCUT2D eigenvalue weighted by Gasteiger charge is -2.13. The van der Waals surface area contributed by atoms with Crippen molar-refractivity contribution in [3.8, 4) is 0 Å². The summed E-state index contributed by atoms with van der Waals surface area (Å²) in [6.45, 7) is 1.86. The molecule has 0 unspecified atom stereocenters. The number of hydrogen-bond acceptors (Lipinski definition) is 6. The summed E-state index contributed by atoms with van der Waals surface area (Å²) in [4.78, 5) is 19.3. The van der Waals surface area contributed by atoms with Crippen LogP contribution in [0.4, 0.5) is 10.5 Å². The number of urea groups is 1. The number of rotatable bonds is 7. The molecule has 0 aliphatic rings. The van der Waals surface area contributed by atoms with Gasteiger partial charge in [-0.1, -0.05) is 77.6 Å². The minimum absolute atomic E-state index is 0.0138. The molecule has 1 aromatic heterocycles. The van der Waals surface area contributed by atoms with Gasteiger partial charge in [-0.3, -0.25) is 0 Å². The number of pyridine rings is 1. The maximum atomic E-state index is 12.6. The molecule has 0 aliphatic carbocycles. The van der Waals surface area contributed by atoms with E-state index in [1.54, 1.807) is 24.3 Å². The van der Waals surface area contributed by atoms with E-state index >= 15 is 0 Å². The third kappa shape index (κ3) is 6.40. The van der Waals surface area contributed by atoms with E-state index in [1.807, 2.05) is 67.6 Å². The maximum absolute atomic E-state index is 12.6. The van der Waals surface area contributed by atoms with Crippen LogP contribution in [0.3, 0.4) is 0 Å². The number of nitrogens with one attached hydrogen (secondary N) is 2. The van der Waals surface area contributed by atoms with Crippen LogP contribution in [0.5, 0.6) is 0 Å². The molecular formula is C25H21N3O3S3. The number of aromatic nitrogens is 1. The van der Waals surface area contributed by atoms with E-state index in [0.717, 1.165) is 20.4 Å². The van der Waals surface area contributed by atoms with E-state index in [0.29, 0.717) is 10.7 Å². The van der Waals surface area contributed by atoms with Crippen molar-refractivity contribution in [3.05, 3.63) is 103 Å². The molecule has 4 aromatic rings. The number of aryl methyl sites for hydroxylation is 1. The fourth-order valence-electron chi connectivity index (χ4n) is 2.91. The lowest BCUT2D eigenvalue weighted by molar-refractivity contribution is 0.256. The van der Waals surface area contributed by atoms with E-state index < -0.39 is 16.1 Å². The van der Waals surface area contributed by atoms with Gasteiger partial charge in [0.2, 0.25) is 0 Å². The van der Waals surface area contributed by atoms with Gasteiger partial charge in [0.1, 0.15) is 10.1 Å². The fraction of sp³-hybridized carbons (Fsp3) is 0.0400. The van der Waals surface area contributed by atoms with Crippen LogP contribution in [0.2, 0.25) is 0 Å². The van der Waals surface area contributed by atoms with Crippen LogP contribution in [-0.2, 0) is 10.0 Å². The van der Waals surface area contributed by atoms with Crippen molar-refractivity contribution in [2.24, 2.45) is 0 Å². The van der Waals surface area contributed by atoms with Gasteiger partial charge in [-0.05, 0) is 55.5 Å². The standard InChI is InChI=1S/C25H21N3O3S3/c1-18-12-14-21(15-13-18)34(30,31)28-25(29)26-22-16-17-23(32-19-8-4-2-5-9-19)27-24(22)33-20-10-6-3-7-11-20/h2-17H,1H3,(H2,26,28,29). The molecule has 1 heterocycles. The number of hydrogen-bond donors (Lipinski definition) is 2. The van der Waals surface area contributed by atoms with Crippen molar-refractivity contribution in [1.82, 2.24) is 9.71 Å². The summed E-state index contributed by atoms with van der Waals surface area (Å²) < 4.78 is 27.2. The van der Waals surface area contributed by atoms with Crippen LogP contribution in [0, 0.1) is 6.92 Å². The van der Waals surface area contributed by atoms with Crippen LogP contribution in [0.15, 0.2) is 122 Å². The Labute approximate surface area is 207 Å². The SMILES string of the molecule is Cc1ccc(S(=O)(=O)NC(=O)Nc2ccc(Sc3ccccc3)nc2Sc2ccccc2)cc1. The molecule has 34 heavy (non-hydrogen) atoms. The van der Waals surface area contributed by atoms with Crippen LogP contribution >= 0.6 is 23.5 Å². The van der Waals surface area contributed by atoms with Crippen molar-refractivity contribution in [2.45, 2.75) is 31.7 Å². The maximum Gasteiger partial charge on any atom is 0.333 e. The van der Waals surface area contributed by atoms with Crippen LogP contribution in [0.25, 0.3) is 0 Å². The molecule has 3 aromatic carbocycles. The Morgan fingerprint density at radius 3 is 1.97 bits per heavy atom. The molecule has 0 spiro atoms. The summed E-state index contributed by atoms with van der Waals surface area (Å²) in [5, 5.41) is 3.94. The molecule has 172 valence electrons. The third-order valence-electron chi connectivity index (χ3n) is 4.56. The molecule has 0 saturated heterocycles. The lowest BCUT2D eigenvalue weighted by Crippen LogP contribution is -2.34. The molecule has 6 nitrogen and oxygen atoms in total. The van der Waals surface area contributed by atoms with E-state index in [1.165, 1.54) is 35.7 Å². The van der Waals surface area contributed by atoms with Crippen LogP contribution in [-0.4, -0.2) is 19.4 Å². The lowest BCUT2D eigenvalue weighted by atomic mass is 10.2. The summed E-state index contributed by atoms with van der Waals surface area (Å²) in [6, 6.07) is 28.4. The fourth-order valence-corrected chi connectivity index (χ4v) is 5.57. The van der Waals surface area contributed by atoms with E-state index in [9.17, 15) is 13.2 Å². The van der Waals surface area contributed by atoms with Crippen molar-refractivity contribution in [3.63, 3.8) is 0 Å². The van der Waals surface area contributed by atoms with Crippen molar-refractivity contribution in [2.75, 3.05) is 5.32 Å². The Morgan fingerprint density at radius 1 is 0.765 bits per heavy atom. The average Bonchev–Trinajstić information content (AvgIpc) is 2.82. The quantitative estimate of drug-likeness (QED) is 0.310. The highest BCUT2D eigenvalue weighted by molar-refractivity contribution is 8.00. The predicted molar refractivity (Wildman–Crippen MR) is 136 cm³/mol. The third-order valence-corrected chi connectivity index (χ3v) is 7.87. The number of sulfonamides is 1. The largest absolute Gasteiger partial charge is 0.333 e. The molecule has 0 aliphatic heterocycles. The second-order valence-electron chi connectivity index (χ2n) is 7.21. The smallest absolute Gasteiger partial charge is 0.305 e. The summed E-state index contributed by atoms with van der Waals surface area (Å²) in [5.41, 5.74) is 1.33. The first-order valence-corrected chi connectivity index (χ1v) is 13.4. The molecule has 0 radical (unpaired) electrons. The number of carbonyl (C=O) groups excluding carboxylic acids is 1. The highest BCUT2D eigenvalue weighted by atomic mass is 32.2. The number of benzene rings is 3. The number of anilines is 1. The van der Waals surface area contributed by atoms with Crippen molar-refractivity contribution >= 4 is 45.3 Å². The van der Waals surface area contributed by atoms with Gasteiger partial charge in [0.15, 0.2) is 0 Å². The van der Waals surface area contributed by atoms with Crippen LogP contribution in [0.1, 0.15) is 5.56 Å². The molecule has 0 bridgehead atoms. The highest BCUT2D eigenvalue weighted by Crippen LogP contribution is 2.35. The zero-order valence-corrected chi connectivity index (χ0v) is 20.6. The minimum Gasteiger partial charge on any atom is -0.305 e. The first-order valence-electron chi connectivity index (χ1n) is 10.3. The topological polar surface area (TPSA) is 88.2 Å². The zero-order valence-electron chi connectivity index (χ0n) is 18.1. The van der Waals surface area contributed by atoms with E-state index in [-0.39, 0.29) is 4.90 Å². The number of nitrogens with zero attached hydrogens (tertiary/aromatic N) is 1. The van der Waals surface area contributed by atoms with Crippen LogP contribution < -0.4 is 10.0 Å². The molecular weight excluding hydrogens is 486 g/mol. The predicted octanol–water partition coefficient (Wildman–Crippen LogP) is 6.20. The monoisotopic (exact) mass is 507 g/mol. The highest BCUT2D eigenvalue weighted by Gasteiger charge is 2.19. The van der Waals surface area contributed by atoms with Gasteiger partial charge in [0, 0.05) is 9.79 Å². The Hall–Kier alpha value is -3.27. The zero-order chi connectivity index (χ0) is 24.0. The average molecular weight is 508 g/mol. The second-order valence-corrected chi connectivity index (χ2v) is 11.0. The number of amides is 2. The summed E-state index contributed by atoms with van der Waals surface area (Å²) >= 11 is 2.88. The molecule has 2 N–H and O–H groups in total. The molecule has 2 amide bonds. The number of carbonyl (C=O) groups is 1. The van der Waals surface area contributed by atoms with Gasteiger partial charge in [-0.25, -0.2) is 22.9 Å². The van der Waals surface area contributed by atoms with Crippen molar-refractivity contribution < 1.29 is 13.2 Å². The molecule has 0 saturated carbocycles. The minimum atomic E-state index is -4.01. The Kier molecular flexibility index (Phi) is 7.56. The van der Waals surface area contributed by atoms with Gasteiger partial charge in [-0.15, -0.1) is 0 Å². The molecule has 4 rings (SSSR count). The Morgan fingerprint density at radius 2 is 1.35 bits per heavy atom. The van der Waals surface area contributed by atoms with Gasteiger partial charge in [0.25, 0.3) is 10.0 Å². The first-order chi connectivity index (χ1) is 16.4. The van der Waals surface area contributed by atoms with Gasteiger partial charge < -0.3 is 5.32 Å². The first kappa shape index (κ1) is 23.9. The normalized spacial score (nSPS) is 11.1. The second kappa shape index (κ2) is 10.8. The summed E-state index contributed by atoms with van der Waals surface area (Å²) in [7, 11) is -4.01. The Bertz CT molecular complexity index is 1380. The summed E-state index contributed by atoms with van der Waals surface area (Å²) in [5.74, 6) is 0. The van der Waals surface area contributed by atoms with Gasteiger partial charge in [-0.2, -0.15) is 0 Å². The van der Waals surface area contributed by atoms with Crippen molar-refractivity contribution in [1.29, 1.82) is 0 Å². The van der Waals surface area contributed by atoms with Gasteiger partial charge in [0.05, 0.1) is 10.6 Å². The molecule has 0 atom stereocenters. The molecule has 0 fully saturated rings.